The molecule has 6 nitrogen and oxygen atoms in total. The van der Waals surface area contributed by atoms with Gasteiger partial charge in [-0.3, -0.25) is 4.99 Å². The van der Waals surface area contributed by atoms with Gasteiger partial charge in [-0.25, -0.2) is 0 Å². The van der Waals surface area contributed by atoms with Crippen LogP contribution in [0.4, 0.5) is 0 Å². The third-order valence-corrected chi connectivity index (χ3v) is 3.44. The van der Waals surface area contributed by atoms with Crippen molar-refractivity contribution in [2.75, 3.05) is 66.7 Å². The summed E-state index contributed by atoms with van der Waals surface area (Å²) in [6, 6.07) is 0. The van der Waals surface area contributed by atoms with E-state index in [2.05, 4.69) is 34.4 Å². The summed E-state index contributed by atoms with van der Waals surface area (Å²) < 4.78 is 10.4. The zero-order chi connectivity index (χ0) is 17.2. The van der Waals surface area contributed by atoms with Crippen LogP contribution in [0, 0.1) is 0 Å². The zero-order valence-electron chi connectivity index (χ0n) is 16.1. The van der Waals surface area contributed by atoms with E-state index < -0.39 is 0 Å². The zero-order valence-corrected chi connectivity index (χ0v) is 18.4. The molecule has 2 N–H and O–H groups in total. The first-order valence-electron chi connectivity index (χ1n) is 9.02. The Bertz CT molecular complexity index is 275. The highest BCUT2D eigenvalue weighted by molar-refractivity contribution is 14.0. The van der Waals surface area contributed by atoms with Crippen molar-refractivity contribution in [2.45, 2.75) is 39.5 Å². The van der Waals surface area contributed by atoms with E-state index in [0.717, 1.165) is 45.0 Å². The lowest BCUT2D eigenvalue weighted by Gasteiger charge is -2.21. The van der Waals surface area contributed by atoms with Crippen molar-refractivity contribution >= 4 is 29.9 Å². The minimum Gasteiger partial charge on any atom is -0.382 e. The molecule has 0 aliphatic rings. The summed E-state index contributed by atoms with van der Waals surface area (Å²) in [4.78, 5) is 6.78. The Hall–Kier alpha value is -0.120. The molecular formula is C17H39IN4O2. The van der Waals surface area contributed by atoms with E-state index in [1.807, 2.05) is 7.05 Å². The van der Waals surface area contributed by atoms with Gasteiger partial charge in [-0.2, -0.15) is 0 Å². The summed E-state index contributed by atoms with van der Waals surface area (Å²) in [5.74, 6) is 0.874. The standard InChI is InChI=1S/C17H38N4O2.HI/c1-5-11-21(12-6-2)13-7-9-19-17(18-3)20-10-8-14-23-16-15-22-4;/h5-16H2,1-4H3,(H2,18,19,20);1H. The maximum atomic E-state index is 5.43. The lowest BCUT2D eigenvalue weighted by atomic mass is 10.3. The first kappa shape index (κ1) is 26.1. The topological polar surface area (TPSA) is 58.1 Å². The largest absolute Gasteiger partial charge is 0.382 e. The summed E-state index contributed by atoms with van der Waals surface area (Å²) in [5, 5.41) is 6.68. The van der Waals surface area contributed by atoms with Crippen LogP contribution < -0.4 is 10.6 Å². The number of guanidine groups is 1. The number of hydrogen-bond donors (Lipinski definition) is 2. The van der Waals surface area contributed by atoms with Crippen LogP contribution in [-0.4, -0.2) is 77.6 Å². The molecule has 0 bridgehead atoms. The van der Waals surface area contributed by atoms with Gasteiger partial charge in [0.1, 0.15) is 0 Å². The highest BCUT2D eigenvalue weighted by Gasteiger charge is 2.02. The minimum atomic E-state index is 0. The van der Waals surface area contributed by atoms with Crippen LogP contribution in [0.15, 0.2) is 4.99 Å². The molecule has 7 heteroatoms. The van der Waals surface area contributed by atoms with E-state index in [-0.39, 0.29) is 24.0 Å². The molecular weight excluding hydrogens is 419 g/mol. The summed E-state index contributed by atoms with van der Waals surface area (Å²) in [6.45, 7) is 11.9. The molecule has 146 valence electrons. The van der Waals surface area contributed by atoms with Gasteiger partial charge in [0.05, 0.1) is 13.2 Å². The predicted molar refractivity (Wildman–Crippen MR) is 114 cm³/mol. The third-order valence-electron chi connectivity index (χ3n) is 3.44. The van der Waals surface area contributed by atoms with Crippen LogP contribution in [-0.2, 0) is 9.47 Å². The van der Waals surface area contributed by atoms with Crippen molar-refractivity contribution in [1.29, 1.82) is 0 Å². The second-order valence-corrected chi connectivity index (χ2v) is 5.58. The normalized spacial score (nSPS) is 11.5. The van der Waals surface area contributed by atoms with E-state index >= 15 is 0 Å². The van der Waals surface area contributed by atoms with Crippen molar-refractivity contribution in [3.8, 4) is 0 Å². The summed E-state index contributed by atoms with van der Waals surface area (Å²) in [5.41, 5.74) is 0. The second-order valence-electron chi connectivity index (χ2n) is 5.58. The Balaban J connectivity index is 0. The van der Waals surface area contributed by atoms with Crippen LogP contribution in [0.5, 0.6) is 0 Å². The maximum absolute atomic E-state index is 5.43. The molecule has 0 spiro atoms. The fraction of sp³-hybridized carbons (Fsp3) is 0.941. The molecule has 0 amide bonds. The average molecular weight is 458 g/mol. The molecule has 0 rings (SSSR count). The number of aliphatic imine (C=N–C) groups is 1. The minimum absolute atomic E-state index is 0. The van der Waals surface area contributed by atoms with Crippen LogP contribution in [0.25, 0.3) is 0 Å². The molecule has 0 radical (unpaired) electrons. The molecule has 0 aromatic carbocycles. The predicted octanol–water partition coefficient (Wildman–Crippen LogP) is 2.33. The quantitative estimate of drug-likeness (QED) is 0.171. The van der Waals surface area contributed by atoms with Gasteiger partial charge in [0.2, 0.25) is 0 Å². The number of nitrogens with one attached hydrogen (secondary N) is 2. The molecule has 0 aliphatic carbocycles. The number of methoxy groups -OCH3 is 1. The Morgan fingerprint density at radius 1 is 0.917 bits per heavy atom. The van der Waals surface area contributed by atoms with Gasteiger partial charge >= 0.3 is 0 Å². The van der Waals surface area contributed by atoms with Crippen LogP contribution in [0.1, 0.15) is 39.5 Å². The van der Waals surface area contributed by atoms with E-state index in [4.69, 9.17) is 9.47 Å². The van der Waals surface area contributed by atoms with Gasteiger partial charge in [0.15, 0.2) is 5.96 Å². The maximum Gasteiger partial charge on any atom is 0.190 e. The number of nitrogens with zero attached hydrogens (tertiary/aromatic N) is 2. The number of rotatable bonds is 15. The van der Waals surface area contributed by atoms with Gasteiger partial charge < -0.3 is 25.0 Å². The third kappa shape index (κ3) is 16.7. The van der Waals surface area contributed by atoms with Crippen LogP contribution >= 0.6 is 24.0 Å². The lowest BCUT2D eigenvalue weighted by Crippen LogP contribution is -2.39. The second kappa shape index (κ2) is 20.9. The smallest absolute Gasteiger partial charge is 0.190 e. The van der Waals surface area contributed by atoms with Gasteiger partial charge in [-0.15, -0.1) is 24.0 Å². The van der Waals surface area contributed by atoms with Gasteiger partial charge in [-0.1, -0.05) is 13.8 Å². The number of halogens is 1. The van der Waals surface area contributed by atoms with Crippen molar-refractivity contribution < 1.29 is 9.47 Å². The van der Waals surface area contributed by atoms with E-state index in [9.17, 15) is 0 Å². The fourth-order valence-corrected chi connectivity index (χ4v) is 2.32. The highest BCUT2D eigenvalue weighted by Crippen LogP contribution is 1.95. The fourth-order valence-electron chi connectivity index (χ4n) is 2.32. The molecule has 0 aromatic rings. The summed E-state index contributed by atoms with van der Waals surface area (Å²) in [6.07, 6.45) is 4.55. The Kier molecular flexibility index (Phi) is 22.8. The van der Waals surface area contributed by atoms with Crippen LogP contribution in [0.2, 0.25) is 0 Å². The molecule has 0 unspecified atom stereocenters. The Labute approximate surface area is 166 Å². The molecule has 0 aromatic heterocycles. The summed E-state index contributed by atoms with van der Waals surface area (Å²) >= 11 is 0. The molecule has 0 saturated carbocycles. The number of ether oxygens (including phenoxy) is 2. The van der Waals surface area contributed by atoms with E-state index in [0.29, 0.717) is 13.2 Å². The first-order chi connectivity index (χ1) is 11.3. The molecule has 0 saturated heterocycles. The van der Waals surface area contributed by atoms with Crippen LogP contribution in [0.3, 0.4) is 0 Å². The molecule has 0 aliphatic heterocycles. The highest BCUT2D eigenvalue weighted by atomic mass is 127. The Morgan fingerprint density at radius 3 is 2.08 bits per heavy atom. The van der Waals surface area contributed by atoms with Crippen molar-refractivity contribution in [1.82, 2.24) is 15.5 Å². The SMILES string of the molecule is CCCN(CCC)CCCNC(=NC)NCCCOCCOC.I. The van der Waals surface area contributed by atoms with Gasteiger partial charge in [0.25, 0.3) is 0 Å². The van der Waals surface area contributed by atoms with Crippen molar-refractivity contribution in [3.05, 3.63) is 0 Å². The van der Waals surface area contributed by atoms with Crippen molar-refractivity contribution in [2.24, 2.45) is 4.99 Å². The summed E-state index contributed by atoms with van der Waals surface area (Å²) in [7, 11) is 3.50. The molecule has 0 heterocycles. The number of hydrogen-bond acceptors (Lipinski definition) is 4. The lowest BCUT2D eigenvalue weighted by molar-refractivity contribution is 0.0698. The van der Waals surface area contributed by atoms with Gasteiger partial charge in [0, 0.05) is 33.9 Å². The Morgan fingerprint density at radius 2 is 1.54 bits per heavy atom. The molecule has 0 atom stereocenters. The van der Waals surface area contributed by atoms with E-state index in [1.165, 1.54) is 25.9 Å². The van der Waals surface area contributed by atoms with Gasteiger partial charge in [-0.05, 0) is 45.3 Å². The monoisotopic (exact) mass is 458 g/mol. The molecule has 24 heavy (non-hydrogen) atoms. The first-order valence-corrected chi connectivity index (χ1v) is 9.02. The average Bonchev–Trinajstić information content (AvgIpc) is 2.56. The molecule has 0 fully saturated rings. The van der Waals surface area contributed by atoms with E-state index in [1.54, 1.807) is 7.11 Å². The van der Waals surface area contributed by atoms with Crippen molar-refractivity contribution in [3.63, 3.8) is 0 Å².